The molecule has 20 heavy (non-hydrogen) atoms. The molecule has 0 aliphatic heterocycles. The van der Waals surface area contributed by atoms with Gasteiger partial charge >= 0.3 is 0 Å². The van der Waals surface area contributed by atoms with Crippen LogP contribution in [0.5, 0.6) is 0 Å². The second-order valence-corrected chi connectivity index (χ2v) is 4.84. The molecule has 1 atom stereocenters. The van der Waals surface area contributed by atoms with Gasteiger partial charge in [0.15, 0.2) is 0 Å². The number of benzene rings is 1. The average Bonchev–Trinajstić information content (AvgIpc) is 2.94. The molecule has 0 fully saturated rings. The standard InChI is InChI=1S/C16H17N3O/c1-2-19-11-12(10-18-19)9-15(20)16-14-6-4-3-5-13(14)7-8-17-16/h3-8,10-11,15,20H,2,9H2,1H3. The van der Waals surface area contributed by atoms with Gasteiger partial charge in [-0.15, -0.1) is 0 Å². The van der Waals surface area contributed by atoms with E-state index >= 15 is 0 Å². The molecule has 0 aliphatic carbocycles. The second kappa shape index (κ2) is 5.43. The molecule has 4 heteroatoms. The van der Waals surface area contributed by atoms with E-state index in [0.29, 0.717) is 6.42 Å². The number of rotatable bonds is 4. The van der Waals surface area contributed by atoms with E-state index in [-0.39, 0.29) is 0 Å². The number of aryl methyl sites for hydroxylation is 1. The van der Waals surface area contributed by atoms with Crippen molar-refractivity contribution in [2.24, 2.45) is 0 Å². The Hall–Kier alpha value is -2.20. The Kier molecular flexibility index (Phi) is 3.48. The van der Waals surface area contributed by atoms with Crippen LogP contribution in [0.15, 0.2) is 48.9 Å². The number of pyridine rings is 1. The fraction of sp³-hybridized carbons (Fsp3) is 0.250. The van der Waals surface area contributed by atoms with E-state index in [2.05, 4.69) is 10.1 Å². The molecular formula is C16H17N3O. The molecule has 3 rings (SSSR count). The van der Waals surface area contributed by atoms with Crippen molar-refractivity contribution in [2.45, 2.75) is 26.0 Å². The van der Waals surface area contributed by atoms with Crippen LogP contribution in [0.1, 0.15) is 24.3 Å². The fourth-order valence-electron chi connectivity index (χ4n) is 2.41. The van der Waals surface area contributed by atoms with Gasteiger partial charge in [-0.25, -0.2) is 0 Å². The van der Waals surface area contributed by atoms with Crippen molar-refractivity contribution in [1.82, 2.24) is 14.8 Å². The predicted molar refractivity (Wildman–Crippen MR) is 78.3 cm³/mol. The van der Waals surface area contributed by atoms with Crippen LogP contribution in [0.2, 0.25) is 0 Å². The zero-order valence-corrected chi connectivity index (χ0v) is 11.4. The predicted octanol–water partition coefficient (Wildman–Crippen LogP) is 2.73. The zero-order valence-electron chi connectivity index (χ0n) is 11.4. The molecule has 1 N–H and O–H groups in total. The second-order valence-electron chi connectivity index (χ2n) is 4.84. The first-order valence-electron chi connectivity index (χ1n) is 6.81. The van der Waals surface area contributed by atoms with Gasteiger partial charge in [-0.3, -0.25) is 9.67 Å². The van der Waals surface area contributed by atoms with Gasteiger partial charge in [0.05, 0.1) is 11.9 Å². The first kappa shape index (κ1) is 12.8. The molecule has 0 saturated carbocycles. The van der Waals surface area contributed by atoms with E-state index in [9.17, 15) is 5.11 Å². The van der Waals surface area contributed by atoms with Crippen LogP contribution in [0.3, 0.4) is 0 Å². The first-order valence-corrected chi connectivity index (χ1v) is 6.81. The lowest BCUT2D eigenvalue weighted by molar-refractivity contribution is 0.175. The summed E-state index contributed by atoms with van der Waals surface area (Å²) in [7, 11) is 0. The van der Waals surface area contributed by atoms with Crippen molar-refractivity contribution in [3.8, 4) is 0 Å². The summed E-state index contributed by atoms with van der Waals surface area (Å²) >= 11 is 0. The maximum Gasteiger partial charge on any atom is 0.101 e. The summed E-state index contributed by atoms with van der Waals surface area (Å²) in [5.74, 6) is 0. The van der Waals surface area contributed by atoms with Gasteiger partial charge in [0.1, 0.15) is 6.10 Å². The average molecular weight is 267 g/mol. The van der Waals surface area contributed by atoms with Gasteiger partial charge in [-0.2, -0.15) is 5.10 Å². The molecule has 0 bridgehead atoms. The monoisotopic (exact) mass is 267 g/mol. The first-order chi connectivity index (χ1) is 9.78. The highest BCUT2D eigenvalue weighted by atomic mass is 16.3. The number of aliphatic hydroxyl groups is 1. The Bertz CT molecular complexity index is 715. The molecule has 2 aromatic heterocycles. The summed E-state index contributed by atoms with van der Waals surface area (Å²) in [6.07, 6.45) is 5.43. The maximum atomic E-state index is 10.5. The highest BCUT2D eigenvalue weighted by Gasteiger charge is 2.14. The fourth-order valence-corrected chi connectivity index (χ4v) is 2.41. The van der Waals surface area contributed by atoms with Gasteiger partial charge in [-0.05, 0) is 23.9 Å². The van der Waals surface area contributed by atoms with Crippen molar-refractivity contribution < 1.29 is 5.11 Å². The summed E-state index contributed by atoms with van der Waals surface area (Å²) in [6, 6.07) is 9.94. The van der Waals surface area contributed by atoms with Gasteiger partial charge in [-0.1, -0.05) is 24.3 Å². The largest absolute Gasteiger partial charge is 0.386 e. The van der Waals surface area contributed by atoms with E-state index in [1.807, 2.05) is 48.1 Å². The van der Waals surface area contributed by atoms with Crippen molar-refractivity contribution in [1.29, 1.82) is 0 Å². The normalized spacial score (nSPS) is 12.7. The summed E-state index contributed by atoms with van der Waals surface area (Å²) in [4.78, 5) is 4.35. The van der Waals surface area contributed by atoms with Crippen LogP contribution < -0.4 is 0 Å². The lowest BCUT2D eigenvalue weighted by Gasteiger charge is -2.11. The van der Waals surface area contributed by atoms with Crippen molar-refractivity contribution in [2.75, 3.05) is 0 Å². The maximum absolute atomic E-state index is 10.5. The molecule has 0 radical (unpaired) electrons. The van der Waals surface area contributed by atoms with Crippen LogP contribution in [-0.2, 0) is 13.0 Å². The SMILES string of the molecule is CCn1cc(CC(O)c2nccc3ccccc23)cn1. The molecule has 0 amide bonds. The third-order valence-electron chi connectivity index (χ3n) is 3.46. The van der Waals surface area contributed by atoms with E-state index in [4.69, 9.17) is 0 Å². The van der Waals surface area contributed by atoms with Crippen molar-refractivity contribution in [3.05, 3.63) is 60.2 Å². The Morgan fingerprint density at radius 1 is 1.25 bits per heavy atom. The molecule has 0 saturated heterocycles. The Labute approximate surface area is 117 Å². The summed E-state index contributed by atoms with van der Waals surface area (Å²) in [5, 5.41) is 16.8. The Morgan fingerprint density at radius 2 is 2.10 bits per heavy atom. The molecular weight excluding hydrogens is 250 g/mol. The smallest absolute Gasteiger partial charge is 0.101 e. The number of aromatic nitrogens is 3. The third-order valence-corrected chi connectivity index (χ3v) is 3.46. The molecule has 1 aromatic carbocycles. The number of hydrogen-bond donors (Lipinski definition) is 1. The van der Waals surface area contributed by atoms with Gasteiger partial charge in [0.25, 0.3) is 0 Å². The minimum atomic E-state index is -0.615. The van der Waals surface area contributed by atoms with Crippen molar-refractivity contribution in [3.63, 3.8) is 0 Å². The van der Waals surface area contributed by atoms with Crippen molar-refractivity contribution >= 4 is 10.8 Å². The van der Waals surface area contributed by atoms with Gasteiger partial charge in [0, 0.05) is 30.7 Å². The van der Waals surface area contributed by atoms with Crippen LogP contribution in [0.4, 0.5) is 0 Å². The number of nitrogens with zero attached hydrogens (tertiary/aromatic N) is 3. The summed E-state index contributed by atoms with van der Waals surface area (Å²) in [5.41, 5.74) is 1.75. The van der Waals surface area contributed by atoms with E-state index < -0.39 is 6.10 Å². The quantitative estimate of drug-likeness (QED) is 0.790. The van der Waals surface area contributed by atoms with Crippen LogP contribution in [0, 0.1) is 0 Å². The number of fused-ring (bicyclic) bond motifs is 1. The summed E-state index contributed by atoms with van der Waals surface area (Å²) < 4.78 is 1.86. The lowest BCUT2D eigenvalue weighted by atomic mass is 10.0. The zero-order chi connectivity index (χ0) is 13.9. The van der Waals surface area contributed by atoms with E-state index in [1.54, 1.807) is 12.4 Å². The van der Waals surface area contributed by atoms with Gasteiger partial charge < -0.3 is 5.11 Å². The highest BCUT2D eigenvalue weighted by Crippen LogP contribution is 2.24. The molecule has 0 aliphatic rings. The minimum absolute atomic E-state index is 0.529. The molecule has 2 heterocycles. The highest BCUT2D eigenvalue weighted by molar-refractivity contribution is 5.84. The van der Waals surface area contributed by atoms with Crippen LogP contribution >= 0.6 is 0 Å². The van der Waals surface area contributed by atoms with Crippen LogP contribution in [0.25, 0.3) is 10.8 Å². The lowest BCUT2D eigenvalue weighted by Crippen LogP contribution is -2.04. The van der Waals surface area contributed by atoms with Gasteiger partial charge in [0.2, 0.25) is 0 Å². The number of aliphatic hydroxyl groups excluding tert-OH is 1. The Balaban J connectivity index is 1.90. The topological polar surface area (TPSA) is 50.9 Å². The molecule has 4 nitrogen and oxygen atoms in total. The molecule has 3 aromatic rings. The molecule has 102 valence electrons. The summed E-state index contributed by atoms with van der Waals surface area (Å²) in [6.45, 7) is 2.88. The molecule has 0 spiro atoms. The third kappa shape index (κ3) is 2.42. The number of hydrogen-bond acceptors (Lipinski definition) is 3. The van der Waals surface area contributed by atoms with E-state index in [1.165, 1.54) is 0 Å². The van der Waals surface area contributed by atoms with Crippen LogP contribution in [-0.4, -0.2) is 19.9 Å². The molecule has 1 unspecified atom stereocenters. The Morgan fingerprint density at radius 3 is 2.90 bits per heavy atom. The van der Waals surface area contributed by atoms with E-state index in [0.717, 1.165) is 28.6 Å². The minimum Gasteiger partial charge on any atom is -0.386 e.